The molecule has 0 spiro atoms. The number of H-pyrrole nitrogens is 1. The summed E-state index contributed by atoms with van der Waals surface area (Å²) in [6, 6.07) is 3.46. The summed E-state index contributed by atoms with van der Waals surface area (Å²) in [5.74, 6) is -0.302. The van der Waals surface area contributed by atoms with Gasteiger partial charge in [-0.1, -0.05) is 6.07 Å². The molecule has 1 unspecified atom stereocenters. The first-order valence-electron chi connectivity index (χ1n) is 9.57. The number of pyridine rings is 2. The molecule has 1 atom stereocenters. The van der Waals surface area contributed by atoms with Gasteiger partial charge in [0.15, 0.2) is 0 Å². The SMILES string of the molecule is Cc1cccnc1C(=O)Nc1c[nH]c2ncc(Br)c(N3CCCC(NC(=O)O)C3)c12. The Kier molecular flexibility index (Phi) is 5.58. The van der Waals surface area contributed by atoms with Crippen LogP contribution in [-0.2, 0) is 0 Å². The van der Waals surface area contributed by atoms with Crippen molar-refractivity contribution >= 4 is 50.3 Å². The van der Waals surface area contributed by atoms with Crippen LogP contribution in [0.15, 0.2) is 35.2 Å². The Morgan fingerprint density at radius 2 is 2.20 bits per heavy atom. The Bertz CT molecular complexity index is 1120. The van der Waals surface area contributed by atoms with E-state index in [0.29, 0.717) is 23.6 Å². The van der Waals surface area contributed by atoms with Crippen LogP contribution in [0.25, 0.3) is 11.0 Å². The van der Waals surface area contributed by atoms with Gasteiger partial charge in [-0.05, 0) is 47.3 Å². The minimum atomic E-state index is -1.03. The predicted octanol–water partition coefficient (Wildman–Crippen LogP) is 3.52. The number of aromatic nitrogens is 3. The first kappa shape index (κ1) is 20.1. The summed E-state index contributed by atoms with van der Waals surface area (Å²) in [5.41, 5.74) is 3.24. The van der Waals surface area contributed by atoms with Crippen LogP contribution in [0.3, 0.4) is 0 Å². The number of aryl methyl sites for hydroxylation is 1. The number of anilines is 2. The maximum absolute atomic E-state index is 12.8. The lowest BCUT2D eigenvalue weighted by molar-refractivity contribution is 0.102. The summed E-state index contributed by atoms with van der Waals surface area (Å²) in [6.45, 7) is 3.14. The summed E-state index contributed by atoms with van der Waals surface area (Å²) in [5, 5.41) is 15.4. The van der Waals surface area contributed by atoms with Gasteiger partial charge in [0.2, 0.25) is 0 Å². The molecule has 0 aliphatic carbocycles. The fourth-order valence-corrected chi connectivity index (χ4v) is 4.39. The molecular weight excluding hydrogens is 452 g/mol. The van der Waals surface area contributed by atoms with Crippen LogP contribution in [-0.4, -0.2) is 51.2 Å². The topological polar surface area (TPSA) is 123 Å². The maximum Gasteiger partial charge on any atom is 0.404 e. The summed E-state index contributed by atoms with van der Waals surface area (Å²) in [4.78, 5) is 37.7. The second kappa shape index (κ2) is 8.31. The Morgan fingerprint density at radius 3 is 2.97 bits per heavy atom. The van der Waals surface area contributed by atoms with E-state index in [9.17, 15) is 9.59 Å². The van der Waals surface area contributed by atoms with Gasteiger partial charge < -0.3 is 25.6 Å². The molecule has 3 aromatic rings. The van der Waals surface area contributed by atoms with Gasteiger partial charge in [-0.3, -0.25) is 9.78 Å². The monoisotopic (exact) mass is 472 g/mol. The van der Waals surface area contributed by atoms with Crippen molar-refractivity contribution in [3.63, 3.8) is 0 Å². The first-order chi connectivity index (χ1) is 14.4. The fourth-order valence-electron chi connectivity index (χ4n) is 3.84. The van der Waals surface area contributed by atoms with Gasteiger partial charge in [0.1, 0.15) is 11.3 Å². The van der Waals surface area contributed by atoms with Crippen LogP contribution in [0.2, 0.25) is 0 Å². The van der Waals surface area contributed by atoms with Crippen molar-refractivity contribution in [2.45, 2.75) is 25.8 Å². The lowest BCUT2D eigenvalue weighted by Gasteiger charge is -2.35. The number of nitrogens with zero attached hydrogens (tertiary/aromatic N) is 3. The average Bonchev–Trinajstić information content (AvgIpc) is 3.10. The van der Waals surface area contributed by atoms with Gasteiger partial charge in [0.05, 0.1) is 21.2 Å². The van der Waals surface area contributed by atoms with E-state index in [1.165, 1.54) is 0 Å². The fraction of sp³-hybridized carbons (Fsp3) is 0.300. The van der Waals surface area contributed by atoms with Gasteiger partial charge in [-0.25, -0.2) is 9.78 Å². The minimum absolute atomic E-state index is 0.167. The summed E-state index contributed by atoms with van der Waals surface area (Å²) in [7, 11) is 0. The molecule has 1 aliphatic heterocycles. The highest BCUT2D eigenvalue weighted by atomic mass is 79.9. The Morgan fingerprint density at radius 1 is 1.37 bits per heavy atom. The van der Waals surface area contributed by atoms with E-state index in [0.717, 1.165) is 40.5 Å². The number of carbonyl (C=O) groups is 2. The molecule has 9 nitrogen and oxygen atoms in total. The highest BCUT2D eigenvalue weighted by Gasteiger charge is 2.26. The third kappa shape index (κ3) is 3.95. The van der Waals surface area contributed by atoms with Crippen LogP contribution >= 0.6 is 15.9 Å². The average molecular weight is 473 g/mol. The number of hydrogen-bond donors (Lipinski definition) is 4. The first-order valence-corrected chi connectivity index (χ1v) is 10.4. The van der Waals surface area contributed by atoms with Crippen LogP contribution < -0.4 is 15.5 Å². The van der Waals surface area contributed by atoms with Crippen molar-refractivity contribution < 1.29 is 14.7 Å². The molecule has 1 fully saturated rings. The van der Waals surface area contributed by atoms with Gasteiger partial charge in [0.25, 0.3) is 5.91 Å². The number of halogens is 1. The molecule has 4 rings (SSSR count). The number of nitrogens with one attached hydrogen (secondary N) is 3. The van der Waals surface area contributed by atoms with Crippen LogP contribution in [0.4, 0.5) is 16.2 Å². The van der Waals surface area contributed by atoms with E-state index in [1.54, 1.807) is 24.7 Å². The van der Waals surface area contributed by atoms with Crippen molar-refractivity contribution in [3.8, 4) is 0 Å². The molecule has 0 saturated carbocycles. The zero-order valence-corrected chi connectivity index (χ0v) is 17.9. The number of carbonyl (C=O) groups excluding carboxylic acids is 1. The van der Waals surface area contributed by atoms with E-state index in [2.05, 4.69) is 46.4 Å². The van der Waals surface area contributed by atoms with Crippen LogP contribution in [0.1, 0.15) is 28.9 Å². The molecule has 1 aliphatic rings. The normalized spacial score (nSPS) is 16.5. The molecule has 10 heteroatoms. The van der Waals surface area contributed by atoms with Gasteiger partial charge in [-0.15, -0.1) is 0 Å². The molecule has 0 aromatic carbocycles. The lowest BCUT2D eigenvalue weighted by atomic mass is 10.0. The molecule has 4 heterocycles. The highest BCUT2D eigenvalue weighted by Crippen LogP contribution is 2.39. The van der Waals surface area contributed by atoms with Crippen LogP contribution in [0.5, 0.6) is 0 Å². The zero-order valence-electron chi connectivity index (χ0n) is 16.3. The number of hydrogen-bond acceptors (Lipinski definition) is 5. The number of carboxylic acid groups (broad SMARTS) is 1. The molecule has 0 bridgehead atoms. The van der Waals surface area contributed by atoms with Crippen molar-refractivity contribution in [2.75, 3.05) is 23.3 Å². The highest BCUT2D eigenvalue weighted by molar-refractivity contribution is 9.10. The summed E-state index contributed by atoms with van der Waals surface area (Å²) < 4.78 is 0.773. The van der Waals surface area contributed by atoms with Crippen LogP contribution in [0, 0.1) is 6.92 Å². The van der Waals surface area contributed by atoms with Crippen molar-refractivity contribution in [3.05, 3.63) is 46.5 Å². The summed E-state index contributed by atoms with van der Waals surface area (Å²) in [6.07, 6.45) is 5.60. The third-order valence-electron chi connectivity index (χ3n) is 5.17. The number of amides is 2. The van der Waals surface area contributed by atoms with Crippen molar-refractivity contribution in [2.24, 2.45) is 0 Å². The van der Waals surface area contributed by atoms with Gasteiger partial charge >= 0.3 is 6.09 Å². The predicted molar refractivity (Wildman–Crippen MR) is 117 cm³/mol. The van der Waals surface area contributed by atoms with E-state index < -0.39 is 6.09 Å². The molecule has 4 N–H and O–H groups in total. The van der Waals surface area contributed by atoms with Gasteiger partial charge in [-0.2, -0.15) is 0 Å². The Hall–Kier alpha value is -3.14. The van der Waals surface area contributed by atoms with E-state index in [1.807, 2.05) is 13.0 Å². The molecule has 2 amide bonds. The number of aromatic amines is 1. The second-order valence-corrected chi connectivity index (χ2v) is 8.09. The van der Waals surface area contributed by atoms with Crippen molar-refractivity contribution in [1.29, 1.82) is 0 Å². The van der Waals surface area contributed by atoms with E-state index in [4.69, 9.17) is 5.11 Å². The zero-order chi connectivity index (χ0) is 21.3. The quantitative estimate of drug-likeness (QED) is 0.460. The van der Waals surface area contributed by atoms with E-state index in [-0.39, 0.29) is 11.9 Å². The largest absolute Gasteiger partial charge is 0.465 e. The molecule has 1 saturated heterocycles. The Labute approximate surface area is 181 Å². The second-order valence-electron chi connectivity index (χ2n) is 7.24. The molecule has 156 valence electrons. The van der Waals surface area contributed by atoms with Crippen molar-refractivity contribution in [1.82, 2.24) is 20.3 Å². The molecule has 30 heavy (non-hydrogen) atoms. The smallest absolute Gasteiger partial charge is 0.404 e. The minimum Gasteiger partial charge on any atom is -0.465 e. The molecule has 3 aromatic heterocycles. The molecular formula is C20H21BrN6O3. The summed E-state index contributed by atoms with van der Waals surface area (Å²) >= 11 is 3.59. The van der Waals surface area contributed by atoms with Gasteiger partial charge in [0, 0.05) is 37.7 Å². The maximum atomic E-state index is 12.8. The number of fused-ring (bicyclic) bond motifs is 1. The lowest BCUT2D eigenvalue weighted by Crippen LogP contribution is -2.47. The third-order valence-corrected chi connectivity index (χ3v) is 5.75. The Balaban J connectivity index is 1.70. The van der Waals surface area contributed by atoms with E-state index >= 15 is 0 Å². The molecule has 0 radical (unpaired) electrons. The number of piperidine rings is 1. The number of rotatable bonds is 4. The standard InChI is InChI=1S/C20H21BrN6O3/c1-11-4-2-6-22-16(11)19(28)26-14-9-24-18-15(14)17(13(21)8-23-18)27-7-3-5-12(10-27)25-20(29)30/h2,4,6,8-9,12,25H,3,5,7,10H2,1H3,(H,23,24)(H,26,28)(H,29,30).